The number of aryl methyl sites for hydroxylation is 1. The van der Waals surface area contributed by atoms with Gasteiger partial charge in [-0.05, 0) is 31.7 Å². The van der Waals surface area contributed by atoms with Crippen LogP contribution in [0.2, 0.25) is 0 Å². The van der Waals surface area contributed by atoms with Gasteiger partial charge < -0.3 is 4.79 Å². The van der Waals surface area contributed by atoms with Crippen molar-refractivity contribution >= 4 is 6.29 Å². The van der Waals surface area contributed by atoms with E-state index in [1.165, 1.54) is 11.1 Å². The van der Waals surface area contributed by atoms with Crippen LogP contribution in [-0.2, 0) is 4.79 Å². The molecule has 1 heteroatoms. The van der Waals surface area contributed by atoms with Gasteiger partial charge in [-0.1, -0.05) is 48.9 Å². The van der Waals surface area contributed by atoms with E-state index in [2.05, 4.69) is 37.3 Å². The summed E-state index contributed by atoms with van der Waals surface area (Å²) in [5, 5.41) is 0. The van der Waals surface area contributed by atoms with E-state index < -0.39 is 0 Å². The van der Waals surface area contributed by atoms with Gasteiger partial charge in [0, 0.05) is 5.92 Å². The molecule has 0 heterocycles. The maximum absolute atomic E-state index is 10.9. The van der Waals surface area contributed by atoms with Crippen LogP contribution in [0.25, 0.3) is 0 Å². The summed E-state index contributed by atoms with van der Waals surface area (Å²) >= 11 is 0. The highest BCUT2D eigenvalue weighted by molar-refractivity contribution is 5.55. The Balaban J connectivity index is 2.95. The monoisotopic (exact) mass is 216 g/mol. The Kier molecular flexibility index (Phi) is 4.97. The summed E-state index contributed by atoms with van der Waals surface area (Å²) in [6, 6.07) is 8.43. The van der Waals surface area contributed by atoms with Gasteiger partial charge in [-0.3, -0.25) is 0 Å². The molecular weight excluding hydrogens is 196 g/mol. The highest BCUT2D eigenvalue weighted by atomic mass is 16.1. The van der Waals surface area contributed by atoms with Crippen molar-refractivity contribution in [3.8, 4) is 0 Å². The van der Waals surface area contributed by atoms with E-state index in [1.54, 1.807) is 0 Å². The number of carbonyl (C=O) groups excluding carboxylic acids is 1. The average Bonchev–Trinajstić information content (AvgIpc) is 2.29. The first-order valence-electron chi connectivity index (χ1n) is 5.82. The number of hydrogen-bond donors (Lipinski definition) is 0. The number of benzene rings is 1. The van der Waals surface area contributed by atoms with Gasteiger partial charge in [-0.2, -0.15) is 0 Å². The molecule has 0 aliphatic carbocycles. The van der Waals surface area contributed by atoms with Crippen LogP contribution in [-0.4, -0.2) is 6.29 Å². The molecule has 0 N–H and O–H groups in total. The summed E-state index contributed by atoms with van der Waals surface area (Å²) in [5.74, 6) is 0.367. The Hall–Kier alpha value is -1.37. The van der Waals surface area contributed by atoms with Gasteiger partial charge in [0.1, 0.15) is 6.29 Å². The van der Waals surface area contributed by atoms with Crippen molar-refractivity contribution in [2.45, 2.75) is 33.1 Å². The first-order valence-corrected chi connectivity index (χ1v) is 5.82. The zero-order valence-corrected chi connectivity index (χ0v) is 10.3. The first-order chi connectivity index (χ1) is 7.69. The van der Waals surface area contributed by atoms with E-state index in [9.17, 15) is 4.79 Å². The Morgan fingerprint density at radius 3 is 2.69 bits per heavy atom. The zero-order chi connectivity index (χ0) is 12.0. The van der Waals surface area contributed by atoms with Crippen molar-refractivity contribution in [2.24, 2.45) is 5.92 Å². The first kappa shape index (κ1) is 12.7. The lowest BCUT2D eigenvalue weighted by Crippen LogP contribution is -2.10. The third kappa shape index (κ3) is 3.34. The number of carbonyl (C=O) groups is 1. The van der Waals surface area contributed by atoms with Crippen LogP contribution < -0.4 is 0 Å². The molecule has 0 fully saturated rings. The molecular formula is C15H20O. The summed E-state index contributed by atoms with van der Waals surface area (Å²) in [6.07, 6.45) is 6.16. The third-order valence-corrected chi connectivity index (χ3v) is 2.95. The van der Waals surface area contributed by atoms with Gasteiger partial charge in [0.25, 0.3) is 0 Å². The predicted octanol–water partition coefficient (Wildman–Crippen LogP) is 3.88. The van der Waals surface area contributed by atoms with Gasteiger partial charge in [0.05, 0.1) is 0 Å². The molecule has 86 valence electrons. The second-order valence-corrected chi connectivity index (χ2v) is 4.32. The summed E-state index contributed by atoms with van der Waals surface area (Å²) in [7, 11) is 0. The Morgan fingerprint density at radius 1 is 1.38 bits per heavy atom. The van der Waals surface area contributed by atoms with E-state index in [4.69, 9.17) is 0 Å². The van der Waals surface area contributed by atoms with Gasteiger partial charge >= 0.3 is 0 Å². The Bertz CT molecular complexity index is 365. The van der Waals surface area contributed by atoms with Crippen molar-refractivity contribution < 1.29 is 4.79 Å². The van der Waals surface area contributed by atoms with Gasteiger partial charge in [-0.15, -0.1) is 0 Å². The third-order valence-electron chi connectivity index (χ3n) is 2.95. The number of allylic oxidation sites excluding steroid dienone is 2. The molecule has 1 aromatic carbocycles. The summed E-state index contributed by atoms with van der Waals surface area (Å²) in [6.45, 7) is 6.09. The summed E-state index contributed by atoms with van der Waals surface area (Å²) < 4.78 is 0. The van der Waals surface area contributed by atoms with Crippen LogP contribution in [0, 0.1) is 12.8 Å². The topological polar surface area (TPSA) is 17.1 Å². The molecule has 0 aromatic heterocycles. The molecule has 0 saturated carbocycles. The number of rotatable bonds is 5. The zero-order valence-electron chi connectivity index (χ0n) is 10.3. The Labute approximate surface area is 98.2 Å². The van der Waals surface area contributed by atoms with Crippen LogP contribution in [0.15, 0.2) is 36.4 Å². The van der Waals surface area contributed by atoms with Gasteiger partial charge in [0.15, 0.2) is 0 Å². The maximum Gasteiger partial charge on any atom is 0.123 e. The quantitative estimate of drug-likeness (QED) is 0.539. The Morgan fingerprint density at radius 2 is 2.12 bits per heavy atom. The predicted molar refractivity (Wildman–Crippen MR) is 68.6 cm³/mol. The average molecular weight is 216 g/mol. The van der Waals surface area contributed by atoms with E-state index in [1.807, 2.05) is 19.9 Å². The molecule has 1 aromatic rings. The molecule has 0 radical (unpaired) electrons. The van der Waals surface area contributed by atoms with Crippen LogP contribution in [0.3, 0.4) is 0 Å². The van der Waals surface area contributed by atoms with E-state index in [0.717, 1.165) is 12.7 Å². The van der Waals surface area contributed by atoms with Crippen molar-refractivity contribution in [1.29, 1.82) is 0 Å². The largest absolute Gasteiger partial charge is 0.303 e. The lowest BCUT2D eigenvalue weighted by Gasteiger charge is -2.19. The fourth-order valence-electron chi connectivity index (χ4n) is 1.93. The summed E-state index contributed by atoms with van der Waals surface area (Å²) in [5.41, 5.74) is 2.51. The van der Waals surface area contributed by atoms with Crippen molar-refractivity contribution in [1.82, 2.24) is 0 Å². The maximum atomic E-state index is 10.9. The summed E-state index contributed by atoms with van der Waals surface area (Å²) in [4.78, 5) is 10.9. The van der Waals surface area contributed by atoms with Crippen molar-refractivity contribution in [3.05, 3.63) is 47.5 Å². The SMILES string of the molecule is C/C=C/C[C@@H](c1cccc(C)c1)[C@@H](C)C=O. The number of hydrogen-bond acceptors (Lipinski definition) is 1. The number of aldehydes is 1. The lowest BCUT2D eigenvalue weighted by molar-refractivity contribution is -0.111. The molecule has 0 aliphatic heterocycles. The minimum absolute atomic E-state index is 0.0676. The molecule has 0 saturated heterocycles. The molecule has 1 rings (SSSR count). The second kappa shape index (κ2) is 6.26. The van der Waals surface area contributed by atoms with Crippen LogP contribution in [0.1, 0.15) is 37.3 Å². The molecule has 2 atom stereocenters. The fraction of sp³-hybridized carbons (Fsp3) is 0.400. The molecule has 16 heavy (non-hydrogen) atoms. The minimum atomic E-state index is 0.0676. The molecule has 0 bridgehead atoms. The highest BCUT2D eigenvalue weighted by Crippen LogP contribution is 2.28. The van der Waals surface area contributed by atoms with E-state index in [-0.39, 0.29) is 5.92 Å². The van der Waals surface area contributed by atoms with Crippen molar-refractivity contribution in [2.75, 3.05) is 0 Å². The van der Waals surface area contributed by atoms with Crippen LogP contribution in [0.5, 0.6) is 0 Å². The highest BCUT2D eigenvalue weighted by Gasteiger charge is 2.17. The second-order valence-electron chi connectivity index (χ2n) is 4.32. The molecule has 1 nitrogen and oxygen atoms in total. The minimum Gasteiger partial charge on any atom is -0.303 e. The normalized spacial score (nSPS) is 14.9. The fourth-order valence-corrected chi connectivity index (χ4v) is 1.93. The van der Waals surface area contributed by atoms with Crippen LogP contribution >= 0.6 is 0 Å². The molecule has 0 amide bonds. The molecule has 0 unspecified atom stereocenters. The smallest absolute Gasteiger partial charge is 0.123 e. The van der Waals surface area contributed by atoms with Crippen molar-refractivity contribution in [3.63, 3.8) is 0 Å². The standard InChI is InChI=1S/C15H20O/c1-4-5-9-15(13(3)11-16)14-8-6-7-12(2)10-14/h4-8,10-11,13,15H,9H2,1-3H3/b5-4+/t13-,15+/m0/s1. The van der Waals surface area contributed by atoms with E-state index >= 15 is 0 Å². The van der Waals surface area contributed by atoms with Gasteiger partial charge in [-0.25, -0.2) is 0 Å². The van der Waals surface area contributed by atoms with E-state index in [0.29, 0.717) is 5.92 Å². The molecule has 0 aliphatic rings. The lowest BCUT2D eigenvalue weighted by atomic mass is 9.85. The van der Waals surface area contributed by atoms with Crippen LogP contribution in [0.4, 0.5) is 0 Å². The molecule has 0 spiro atoms. The van der Waals surface area contributed by atoms with Gasteiger partial charge in [0.2, 0.25) is 0 Å².